The molecule has 3 fully saturated rings. The number of carbonyl (C=O) groups is 1. The first-order valence-corrected chi connectivity index (χ1v) is 9.69. The van der Waals surface area contributed by atoms with Crippen LogP contribution < -0.4 is 10.6 Å². The van der Waals surface area contributed by atoms with Gasteiger partial charge in [-0.3, -0.25) is 0 Å². The Balaban J connectivity index is 1.32. The molecule has 3 rings (SSSR count). The fourth-order valence-corrected chi connectivity index (χ4v) is 4.06. The van der Waals surface area contributed by atoms with E-state index in [9.17, 15) is 4.79 Å². The molecule has 0 aromatic rings. The van der Waals surface area contributed by atoms with E-state index in [4.69, 9.17) is 4.74 Å². The van der Waals surface area contributed by atoms with Crippen molar-refractivity contribution in [1.82, 2.24) is 15.5 Å². The minimum Gasteiger partial charge on any atom is -0.378 e. The second-order valence-corrected chi connectivity index (χ2v) is 7.50. The Morgan fingerprint density at radius 3 is 2.39 bits per heavy atom. The van der Waals surface area contributed by atoms with E-state index in [0.717, 1.165) is 64.4 Å². The van der Waals surface area contributed by atoms with Crippen LogP contribution in [0.15, 0.2) is 0 Å². The van der Waals surface area contributed by atoms with Crippen LogP contribution in [0.1, 0.15) is 57.8 Å². The number of amides is 2. The number of carbonyl (C=O) groups excluding carboxylic acids is 1. The second-order valence-electron chi connectivity index (χ2n) is 7.50. The highest BCUT2D eigenvalue weighted by Crippen LogP contribution is 2.20. The molecule has 0 spiro atoms. The smallest absolute Gasteiger partial charge is 0.317 e. The van der Waals surface area contributed by atoms with Crippen LogP contribution in [0.2, 0.25) is 0 Å². The van der Waals surface area contributed by atoms with Crippen LogP contribution in [-0.2, 0) is 4.74 Å². The second kappa shape index (κ2) is 8.88. The molecule has 132 valence electrons. The summed E-state index contributed by atoms with van der Waals surface area (Å²) in [5, 5.41) is 6.62. The molecule has 0 aromatic heterocycles. The average Bonchev–Trinajstić information content (AvgIpc) is 2.62. The van der Waals surface area contributed by atoms with Crippen molar-refractivity contribution in [2.24, 2.45) is 5.92 Å². The van der Waals surface area contributed by atoms with Gasteiger partial charge in [-0.25, -0.2) is 4.79 Å². The summed E-state index contributed by atoms with van der Waals surface area (Å²) in [5.41, 5.74) is 0. The molecule has 2 heterocycles. The molecular formula is C18H33N3O2. The van der Waals surface area contributed by atoms with Gasteiger partial charge >= 0.3 is 6.03 Å². The van der Waals surface area contributed by atoms with Crippen molar-refractivity contribution in [3.8, 4) is 0 Å². The van der Waals surface area contributed by atoms with Crippen LogP contribution in [-0.4, -0.2) is 55.9 Å². The molecular weight excluding hydrogens is 290 g/mol. The van der Waals surface area contributed by atoms with Crippen molar-refractivity contribution in [1.29, 1.82) is 0 Å². The average molecular weight is 323 g/mol. The molecule has 0 atom stereocenters. The predicted octanol–water partition coefficient (Wildman–Crippen LogP) is 2.51. The highest BCUT2D eigenvalue weighted by atomic mass is 16.5. The lowest BCUT2D eigenvalue weighted by Gasteiger charge is -2.34. The van der Waals surface area contributed by atoms with E-state index in [2.05, 4.69) is 10.6 Å². The maximum absolute atomic E-state index is 12.3. The van der Waals surface area contributed by atoms with Gasteiger partial charge in [0.15, 0.2) is 0 Å². The van der Waals surface area contributed by atoms with Gasteiger partial charge in [0.2, 0.25) is 0 Å². The summed E-state index contributed by atoms with van der Waals surface area (Å²) in [6, 6.07) is 0.554. The van der Waals surface area contributed by atoms with Gasteiger partial charge in [-0.15, -0.1) is 0 Å². The number of likely N-dealkylation sites (tertiary alicyclic amines) is 1. The fraction of sp³-hybridized carbons (Fsp3) is 0.944. The molecule has 2 aliphatic heterocycles. The molecule has 0 bridgehead atoms. The van der Waals surface area contributed by atoms with E-state index < -0.39 is 0 Å². The number of hydrogen-bond acceptors (Lipinski definition) is 3. The number of rotatable bonds is 4. The van der Waals surface area contributed by atoms with E-state index in [1.165, 1.54) is 32.1 Å². The van der Waals surface area contributed by atoms with Crippen LogP contribution in [0.3, 0.4) is 0 Å². The van der Waals surface area contributed by atoms with E-state index in [0.29, 0.717) is 12.1 Å². The van der Waals surface area contributed by atoms with Crippen molar-refractivity contribution in [2.45, 2.75) is 69.9 Å². The van der Waals surface area contributed by atoms with Crippen molar-refractivity contribution in [3.63, 3.8) is 0 Å². The van der Waals surface area contributed by atoms with Crippen LogP contribution in [0, 0.1) is 5.92 Å². The van der Waals surface area contributed by atoms with Gasteiger partial charge in [0.25, 0.3) is 0 Å². The molecule has 2 N–H and O–H groups in total. The predicted molar refractivity (Wildman–Crippen MR) is 91.5 cm³/mol. The van der Waals surface area contributed by atoms with Crippen molar-refractivity contribution in [3.05, 3.63) is 0 Å². The van der Waals surface area contributed by atoms with Crippen molar-refractivity contribution >= 4 is 6.03 Å². The number of piperidine rings is 2. The molecule has 5 nitrogen and oxygen atoms in total. The molecule has 1 aliphatic carbocycles. The SMILES string of the molecule is O=C(NC1CCCCC1)N1CCC(OCC2CCNCC2)CC1. The molecule has 23 heavy (non-hydrogen) atoms. The third-order valence-corrected chi connectivity index (χ3v) is 5.69. The number of urea groups is 1. The Morgan fingerprint density at radius 1 is 1.00 bits per heavy atom. The Hall–Kier alpha value is -0.810. The first-order chi connectivity index (χ1) is 11.3. The maximum Gasteiger partial charge on any atom is 0.317 e. The molecule has 2 amide bonds. The van der Waals surface area contributed by atoms with E-state index in [-0.39, 0.29) is 6.03 Å². The maximum atomic E-state index is 12.3. The topological polar surface area (TPSA) is 53.6 Å². The minimum absolute atomic E-state index is 0.147. The molecule has 0 unspecified atom stereocenters. The molecule has 1 saturated carbocycles. The first-order valence-electron chi connectivity index (χ1n) is 9.69. The Labute approximate surface area is 140 Å². The summed E-state index contributed by atoms with van der Waals surface area (Å²) in [6.45, 7) is 4.85. The Morgan fingerprint density at radius 2 is 1.70 bits per heavy atom. The summed E-state index contributed by atoms with van der Waals surface area (Å²) in [4.78, 5) is 14.3. The number of hydrogen-bond donors (Lipinski definition) is 2. The quantitative estimate of drug-likeness (QED) is 0.836. The third-order valence-electron chi connectivity index (χ3n) is 5.69. The zero-order chi connectivity index (χ0) is 15.9. The van der Waals surface area contributed by atoms with E-state index >= 15 is 0 Å². The number of nitrogens with zero attached hydrogens (tertiary/aromatic N) is 1. The number of ether oxygens (including phenoxy) is 1. The zero-order valence-corrected chi connectivity index (χ0v) is 14.4. The summed E-state index contributed by atoms with van der Waals surface area (Å²) in [5.74, 6) is 0.726. The Kier molecular flexibility index (Phi) is 6.57. The van der Waals surface area contributed by atoms with Gasteiger partial charge in [0.05, 0.1) is 6.10 Å². The van der Waals surface area contributed by atoms with Crippen molar-refractivity contribution in [2.75, 3.05) is 32.8 Å². The van der Waals surface area contributed by atoms with Crippen LogP contribution >= 0.6 is 0 Å². The normalized spacial score (nSPS) is 25.5. The monoisotopic (exact) mass is 323 g/mol. The van der Waals surface area contributed by atoms with Gasteiger partial charge in [0.1, 0.15) is 0 Å². The van der Waals surface area contributed by atoms with Gasteiger partial charge < -0.3 is 20.3 Å². The van der Waals surface area contributed by atoms with Crippen LogP contribution in [0.4, 0.5) is 4.79 Å². The third kappa shape index (κ3) is 5.35. The van der Waals surface area contributed by atoms with Crippen LogP contribution in [0.5, 0.6) is 0 Å². The highest BCUT2D eigenvalue weighted by Gasteiger charge is 2.26. The lowest BCUT2D eigenvalue weighted by atomic mass is 9.95. The van der Waals surface area contributed by atoms with Crippen molar-refractivity contribution < 1.29 is 9.53 Å². The highest BCUT2D eigenvalue weighted by molar-refractivity contribution is 5.74. The summed E-state index contributed by atoms with van der Waals surface area (Å²) in [7, 11) is 0. The fourth-order valence-electron chi connectivity index (χ4n) is 4.06. The van der Waals surface area contributed by atoms with Gasteiger partial charge in [0, 0.05) is 25.7 Å². The molecule has 2 saturated heterocycles. The number of nitrogens with one attached hydrogen (secondary N) is 2. The van der Waals surface area contributed by atoms with Gasteiger partial charge in [-0.05, 0) is 57.5 Å². The standard InChI is InChI=1S/C18H33N3O2/c22-18(20-16-4-2-1-3-5-16)21-12-8-17(9-13-21)23-14-15-6-10-19-11-7-15/h15-17,19H,1-14H2,(H,20,22). The lowest BCUT2D eigenvalue weighted by Crippen LogP contribution is -2.49. The minimum atomic E-state index is 0.147. The van der Waals surface area contributed by atoms with Crippen LogP contribution in [0.25, 0.3) is 0 Å². The molecule has 0 aromatic carbocycles. The molecule has 0 radical (unpaired) electrons. The van der Waals surface area contributed by atoms with E-state index in [1.807, 2.05) is 4.90 Å². The Bertz CT molecular complexity index is 357. The lowest BCUT2D eigenvalue weighted by molar-refractivity contribution is -0.00772. The summed E-state index contributed by atoms with van der Waals surface area (Å²) in [6.07, 6.45) is 11.0. The molecule has 3 aliphatic rings. The molecule has 5 heteroatoms. The van der Waals surface area contributed by atoms with Gasteiger partial charge in [-0.1, -0.05) is 19.3 Å². The first kappa shape index (κ1) is 17.0. The van der Waals surface area contributed by atoms with E-state index in [1.54, 1.807) is 0 Å². The zero-order valence-electron chi connectivity index (χ0n) is 14.4. The van der Waals surface area contributed by atoms with Gasteiger partial charge in [-0.2, -0.15) is 0 Å². The largest absolute Gasteiger partial charge is 0.378 e. The summed E-state index contributed by atoms with van der Waals surface area (Å²) >= 11 is 0. The summed E-state index contributed by atoms with van der Waals surface area (Å²) < 4.78 is 6.11.